The van der Waals surface area contributed by atoms with Gasteiger partial charge in [0, 0.05) is 0 Å². The molecule has 9 rings (SSSR count). The van der Waals surface area contributed by atoms with E-state index in [9.17, 15) is 0 Å². The van der Waals surface area contributed by atoms with E-state index in [1.54, 1.807) is 0 Å². The Kier molecular flexibility index (Phi) is 5.36. The van der Waals surface area contributed by atoms with Gasteiger partial charge in [0.15, 0.2) is 0 Å². The molecule has 1 aliphatic carbocycles. The van der Waals surface area contributed by atoms with Gasteiger partial charge in [-0.15, -0.1) is 0 Å². The summed E-state index contributed by atoms with van der Waals surface area (Å²) in [7, 11) is 0. The lowest BCUT2D eigenvalue weighted by atomic mass is 9.84. The van der Waals surface area contributed by atoms with Crippen LogP contribution in [0.5, 0.6) is 0 Å². The van der Waals surface area contributed by atoms with Gasteiger partial charge in [-0.25, -0.2) is 0 Å². The summed E-state index contributed by atoms with van der Waals surface area (Å²) in [4.78, 5) is 0. The molecule has 200 valence electrons. The van der Waals surface area contributed by atoms with Crippen LogP contribution in [0.4, 0.5) is 0 Å². The molecule has 0 N–H and O–H groups in total. The van der Waals surface area contributed by atoms with Crippen molar-refractivity contribution in [2.75, 3.05) is 0 Å². The molecule has 0 heteroatoms. The Morgan fingerprint density at radius 3 is 1.53 bits per heavy atom. The Bertz CT molecular complexity index is 2300. The van der Waals surface area contributed by atoms with E-state index in [0.29, 0.717) is 0 Å². The third kappa shape index (κ3) is 3.77. The molecule has 0 spiro atoms. The minimum absolute atomic E-state index is 0.994. The van der Waals surface area contributed by atoms with E-state index in [0.717, 1.165) is 6.42 Å². The molecular formula is C43H28. The van der Waals surface area contributed by atoms with Crippen LogP contribution in [0, 0.1) is 0 Å². The van der Waals surface area contributed by atoms with Crippen molar-refractivity contribution in [3.8, 4) is 44.5 Å². The van der Waals surface area contributed by atoms with E-state index >= 15 is 0 Å². The van der Waals surface area contributed by atoms with Crippen molar-refractivity contribution < 1.29 is 0 Å². The molecular weight excluding hydrogens is 516 g/mol. The third-order valence-electron chi connectivity index (χ3n) is 9.25. The topological polar surface area (TPSA) is 0 Å². The number of hydrogen-bond acceptors (Lipinski definition) is 0. The first kappa shape index (κ1) is 24.2. The summed E-state index contributed by atoms with van der Waals surface area (Å²) in [6, 6.07) is 58.2. The number of rotatable bonds is 3. The van der Waals surface area contributed by atoms with Gasteiger partial charge in [0.25, 0.3) is 0 Å². The SMILES string of the molecule is c1ccc(-c2cccc(-c3c4ccccc4c(-c4ccc5c(c4)-c4c(ccc6ccccc46)C5)c4ccccc34)c2)cc1. The summed E-state index contributed by atoms with van der Waals surface area (Å²) in [5, 5.41) is 7.80. The average molecular weight is 545 g/mol. The first-order valence-electron chi connectivity index (χ1n) is 15.1. The Morgan fingerprint density at radius 2 is 0.837 bits per heavy atom. The van der Waals surface area contributed by atoms with Crippen LogP contribution in [0.15, 0.2) is 158 Å². The van der Waals surface area contributed by atoms with E-state index in [2.05, 4.69) is 158 Å². The van der Waals surface area contributed by atoms with Crippen LogP contribution in [-0.4, -0.2) is 0 Å². The monoisotopic (exact) mass is 544 g/mol. The van der Waals surface area contributed by atoms with Crippen LogP contribution in [0.2, 0.25) is 0 Å². The van der Waals surface area contributed by atoms with Crippen LogP contribution in [0.1, 0.15) is 11.1 Å². The summed E-state index contributed by atoms with van der Waals surface area (Å²) in [5.41, 5.74) is 13.2. The maximum absolute atomic E-state index is 2.46. The molecule has 0 saturated carbocycles. The second-order valence-corrected chi connectivity index (χ2v) is 11.7. The lowest BCUT2D eigenvalue weighted by molar-refractivity contribution is 1.27. The predicted octanol–water partition coefficient (Wildman–Crippen LogP) is 11.7. The predicted molar refractivity (Wildman–Crippen MR) is 184 cm³/mol. The molecule has 0 radical (unpaired) electrons. The second kappa shape index (κ2) is 9.54. The average Bonchev–Trinajstić information content (AvgIpc) is 3.46. The van der Waals surface area contributed by atoms with Gasteiger partial charge in [0.2, 0.25) is 0 Å². The highest BCUT2D eigenvalue weighted by atomic mass is 14.3. The largest absolute Gasteiger partial charge is 0.0622 e. The Balaban J connectivity index is 1.31. The zero-order valence-corrected chi connectivity index (χ0v) is 23.7. The van der Waals surface area contributed by atoms with Crippen LogP contribution in [0.25, 0.3) is 76.8 Å². The van der Waals surface area contributed by atoms with E-state index in [1.807, 2.05) is 0 Å². The van der Waals surface area contributed by atoms with Crippen molar-refractivity contribution in [1.29, 1.82) is 0 Å². The highest BCUT2D eigenvalue weighted by molar-refractivity contribution is 6.21. The maximum atomic E-state index is 2.46. The van der Waals surface area contributed by atoms with Crippen molar-refractivity contribution in [2.45, 2.75) is 6.42 Å². The van der Waals surface area contributed by atoms with Crippen molar-refractivity contribution in [3.05, 3.63) is 169 Å². The Morgan fingerprint density at radius 1 is 0.302 bits per heavy atom. The van der Waals surface area contributed by atoms with Crippen LogP contribution in [0.3, 0.4) is 0 Å². The first-order valence-corrected chi connectivity index (χ1v) is 15.1. The fraction of sp³-hybridized carbons (Fsp3) is 0.0233. The molecule has 1 aliphatic rings. The number of hydrogen-bond donors (Lipinski definition) is 0. The first-order chi connectivity index (χ1) is 21.3. The van der Waals surface area contributed by atoms with E-state index < -0.39 is 0 Å². The van der Waals surface area contributed by atoms with Crippen LogP contribution in [-0.2, 0) is 6.42 Å². The Labute approximate surface area is 251 Å². The summed E-state index contributed by atoms with van der Waals surface area (Å²) in [6.07, 6.45) is 0.994. The normalized spacial score (nSPS) is 12.1. The lowest BCUT2D eigenvalue weighted by Gasteiger charge is -2.19. The van der Waals surface area contributed by atoms with Gasteiger partial charge in [0.1, 0.15) is 0 Å². The molecule has 0 saturated heterocycles. The van der Waals surface area contributed by atoms with E-state index in [1.165, 1.54) is 88.0 Å². The molecule has 0 bridgehead atoms. The second-order valence-electron chi connectivity index (χ2n) is 11.7. The fourth-order valence-corrected chi connectivity index (χ4v) is 7.34. The van der Waals surface area contributed by atoms with E-state index in [4.69, 9.17) is 0 Å². The Hall–Kier alpha value is -5.46. The molecule has 8 aromatic rings. The third-order valence-corrected chi connectivity index (χ3v) is 9.25. The fourth-order valence-electron chi connectivity index (χ4n) is 7.34. The van der Waals surface area contributed by atoms with Crippen molar-refractivity contribution >= 4 is 32.3 Å². The molecule has 43 heavy (non-hydrogen) atoms. The molecule has 8 aromatic carbocycles. The molecule has 0 unspecified atom stereocenters. The summed E-state index contributed by atoms with van der Waals surface area (Å²) in [6.45, 7) is 0. The lowest BCUT2D eigenvalue weighted by Crippen LogP contribution is -1.92. The summed E-state index contributed by atoms with van der Waals surface area (Å²) in [5.74, 6) is 0. The van der Waals surface area contributed by atoms with Gasteiger partial charge in [-0.05, 0) is 107 Å². The van der Waals surface area contributed by atoms with Gasteiger partial charge in [-0.3, -0.25) is 0 Å². The van der Waals surface area contributed by atoms with Gasteiger partial charge >= 0.3 is 0 Å². The molecule has 0 aromatic heterocycles. The molecule has 0 aliphatic heterocycles. The van der Waals surface area contributed by atoms with Gasteiger partial charge in [0.05, 0.1) is 0 Å². The van der Waals surface area contributed by atoms with Crippen molar-refractivity contribution in [3.63, 3.8) is 0 Å². The number of fused-ring (bicyclic) bond motifs is 7. The maximum Gasteiger partial charge on any atom is -0.00132 e. The summed E-state index contributed by atoms with van der Waals surface area (Å²) < 4.78 is 0. The quantitative estimate of drug-likeness (QED) is 0.194. The molecule has 0 heterocycles. The highest BCUT2D eigenvalue weighted by Crippen LogP contribution is 2.47. The van der Waals surface area contributed by atoms with E-state index in [-0.39, 0.29) is 0 Å². The molecule has 0 atom stereocenters. The van der Waals surface area contributed by atoms with Crippen molar-refractivity contribution in [1.82, 2.24) is 0 Å². The smallest absolute Gasteiger partial charge is 0.00132 e. The number of benzene rings is 8. The minimum atomic E-state index is 0.994. The standard InChI is InChI=1S/C43H28/c1-2-11-28(12-3-1)30-14-10-15-32(25-30)42-36-17-6-8-19-38(36)43(39-20-9-7-18-37(39)42)34-24-22-31-26-33-23-21-29-13-4-5-16-35(29)41(33)40(31)27-34/h1-25,27H,26H2. The molecule has 0 amide bonds. The zero-order valence-electron chi connectivity index (χ0n) is 23.7. The van der Waals surface area contributed by atoms with Gasteiger partial charge in [-0.1, -0.05) is 146 Å². The summed E-state index contributed by atoms with van der Waals surface area (Å²) >= 11 is 0. The van der Waals surface area contributed by atoms with Crippen molar-refractivity contribution in [2.24, 2.45) is 0 Å². The molecule has 0 nitrogen and oxygen atoms in total. The highest BCUT2D eigenvalue weighted by Gasteiger charge is 2.23. The van der Waals surface area contributed by atoms with Crippen LogP contribution < -0.4 is 0 Å². The van der Waals surface area contributed by atoms with Gasteiger partial charge in [-0.2, -0.15) is 0 Å². The minimum Gasteiger partial charge on any atom is -0.0622 e. The zero-order chi connectivity index (χ0) is 28.3. The van der Waals surface area contributed by atoms with Crippen LogP contribution >= 0.6 is 0 Å². The van der Waals surface area contributed by atoms with Gasteiger partial charge < -0.3 is 0 Å². The molecule has 0 fully saturated rings.